The smallest absolute Gasteiger partial charge is 0.121 e. The molecule has 1 heterocycles. The maximum atomic E-state index is 5.82. The average Bonchev–Trinajstić information content (AvgIpc) is 2.59. The zero-order chi connectivity index (χ0) is 11.7. The summed E-state index contributed by atoms with van der Waals surface area (Å²) in [5.74, 6) is 3.16. The van der Waals surface area contributed by atoms with E-state index in [0.717, 1.165) is 17.7 Å². The lowest BCUT2D eigenvalue weighted by Gasteiger charge is -2.29. The van der Waals surface area contributed by atoms with Gasteiger partial charge in [0, 0.05) is 19.0 Å². The number of nitrogen functional groups attached to an aromatic ring is 1. The fourth-order valence-corrected chi connectivity index (χ4v) is 2.79. The quantitative estimate of drug-likeness (QED) is 0.834. The maximum Gasteiger partial charge on any atom is 0.121 e. The van der Waals surface area contributed by atoms with Gasteiger partial charge in [0.15, 0.2) is 0 Å². The summed E-state index contributed by atoms with van der Waals surface area (Å²) in [5, 5.41) is 4.50. The summed E-state index contributed by atoms with van der Waals surface area (Å²) in [6, 6.07) is 2.04. The Morgan fingerprint density at radius 1 is 1.31 bits per heavy atom. The third-order valence-electron chi connectivity index (χ3n) is 4.07. The molecule has 1 aliphatic carbocycles. The van der Waals surface area contributed by atoms with Gasteiger partial charge in [-0.3, -0.25) is 4.68 Å². The van der Waals surface area contributed by atoms with E-state index in [1.54, 1.807) is 4.68 Å². The van der Waals surface area contributed by atoms with Gasteiger partial charge in [-0.15, -0.1) is 0 Å². The van der Waals surface area contributed by atoms with Gasteiger partial charge in [0.05, 0.1) is 5.69 Å². The van der Waals surface area contributed by atoms with Crippen LogP contribution in [0.5, 0.6) is 0 Å². The predicted octanol–water partition coefficient (Wildman–Crippen LogP) is 2.93. The van der Waals surface area contributed by atoms with Crippen LogP contribution in [0, 0.1) is 11.8 Å². The summed E-state index contributed by atoms with van der Waals surface area (Å²) in [6.07, 6.45) is 5.25. The molecule has 0 bridgehead atoms. The molecule has 90 valence electrons. The van der Waals surface area contributed by atoms with Gasteiger partial charge < -0.3 is 5.73 Å². The lowest BCUT2D eigenvalue weighted by Crippen LogP contribution is -2.17. The normalized spacial score (nSPS) is 26.2. The summed E-state index contributed by atoms with van der Waals surface area (Å²) >= 11 is 0. The first-order chi connectivity index (χ1) is 7.58. The molecule has 0 aliphatic heterocycles. The fourth-order valence-electron chi connectivity index (χ4n) is 2.79. The average molecular weight is 221 g/mol. The summed E-state index contributed by atoms with van der Waals surface area (Å²) in [6.45, 7) is 4.67. The largest absolute Gasteiger partial charge is 0.384 e. The van der Waals surface area contributed by atoms with Crippen molar-refractivity contribution < 1.29 is 0 Å². The molecule has 3 heteroatoms. The number of rotatable bonds is 2. The molecule has 0 aromatic carbocycles. The summed E-state index contributed by atoms with van der Waals surface area (Å²) in [7, 11) is 1.92. The van der Waals surface area contributed by atoms with Crippen LogP contribution in [0.4, 0.5) is 5.82 Å². The van der Waals surface area contributed by atoms with E-state index in [1.165, 1.54) is 31.4 Å². The molecule has 0 amide bonds. The van der Waals surface area contributed by atoms with E-state index >= 15 is 0 Å². The first-order valence-corrected chi connectivity index (χ1v) is 6.37. The van der Waals surface area contributed by atoms with Gasteiger partial charge in [0.25, 0.3) is 0 Å². The molecule has 2 N–H and O–H groups in total. The van der Waals surface area contributed by atoms with Crippen LogP contribution in [-0.4, -0.2) is 9.78 Å². The Morgan fingerprint density at radius 3 is 2.38 bits per heavy atom. The van der Waals surface area contributed by atoms with Gasteiger partial charge in [-0.25, -0.2) is 0 Å². The second-order valence-corrected chi connectivity index (χ2v) is 5.47. The second kappa shape index (κ2) is 4.48. The number of aryl methyl sites for hydroxylation is 1. The lowest BCUT2D eigenvalue weighted by molar-refractivity contribution is 0.256. The number of hydrogen-bond acceptors (Lipinski definition) is 2. The summed E-state index contributed by atoms with van der Waals surface area (Å²) < 4.78 is 1.78. The van der Waals surface area contributed by atoms with E-state index in [1.807, 2.05) is 13.1 Å². The third kappa shape index (κ3) is 2.23. The predicted molar refractivity (Wildman–Crippen MR) is 67.2 cm³/mol. The van der Waals surface area contributed by atoms with Crippen molar-refractivity contribution in [3.05, 3.63) is 11.8 Å². The van der Waals surface area contributed by atoms with Crippen LogP contribution in [0.2, 0.25) is 0 Å². The number of hydrogen-bond donors (Lipinski definition) is 1. The Balaban J connectivity index is 1.99. The van der Waals surface area contributed by atoms with E-state index < -0.39 is 0 Å². The first kappa shape index (κ1) is 11.5. The molecule has 1 aromatic heterocycles. The molecule has 0 atom stereocenters. The van der Waals surface area contributed by atoms with Gasteiger partial charge in [-0.1, -0.05) is 13.8 Å². The Morgan fingerprint density at radius 2 is 1.94 bits per heavy atom. The molecular formula is C13H23N3. The third-order valence-corrected chi connectivity index (χ3v) is 4.07. The van der Waals surface area contributed by atoms with Crippen LogP contribution in [0.3, 0.4) is 0 Å². The fraction of sp³-hybridized carbons (Fsp3) is 0.769. The zero-order valence-corrected chi connectivity index (χ0v) is 10.6. The summed E-state index contributed by atoms with van der Waals surface area (Å²) in [5.41, 5.74) is 7.02. The van der Waals surface area contributed by atoms with Crippen molar-refractivity contribution in [2.75, 3.05) is 5.73 Å². The topological polar surface area (TPSA) is 43.8 Å². The minimum Gasteiger partial charge on any atom is -0.384 e. The Hall–Kier alpha value is -0.990. The number of anilines is 1. The minimum absolute atomic E-state index is 0.637. The highest BCUT2D eigenvalue weighted by Crippen LogP contribution is 2.38. The molecule has 3 nitrogen and oxygen atoms in total. The number of nitrogens with two attached hydrogens (primary N) is 1. The van der Waals surface area contributed by atoms with Crippen LogP contribution >= 0.6 is 0 Å². The highest BCUT2D eigenvalue weighted by atomic mass is 15.3. The molecule has 0 spiro atoms. The SMILES string of the molecule is CC(C)C1CCC(c2cc(N)n(C)n2)CC1. The van der Waals surface area contributed by atoms with Crippen molar-refractivity contribution >= 4 is 5.82 Å². The zero-order valence-electron chi connectivity index (χ0n) is 10.6. The Labute approximate surface area is 98.0 Å². The van der Waals surface area contributed by atoms with Gasteiger partial charge >= 0.3 is 0 Å². The van der Waals surface area contributed by atoms with E-state index in [0.29, 0.717) is 5.92 Å². The van der Waals surface area contributed by atoms with Gasteiger partial charge in [-0.2, -0.15) is 5.10 Å². The molecule has 0 unspecified atom stereocenters. The molecule has 2 rings (SSSR count). The standard InChI is InChI=1S/C13H23N3/c1-9(2)10-4-6-11(7-5-10)12-8-13(14)16(3)15-12/h8-11H,4-7,14H2,1-3H3. The van der Waals surface area contributed by atoms with Crippen molar-refractivity contribution in [1.29, 1.82) is 0 Å². The number of nitrogens with zero attached hydrogens (tertiary/aromatic N) is 2. The van der Waals surface area contributed by atoms with Crippen LogP contribution in [0.1, 0.15) is 51.1 Å². The minimum atomic E-state index is 0.637. The molecular weight excluding hydrogens is 198 g/mol. The van der Waals surface area contributed by atoms with Gasteiger partial charge in [0.2, 0.25) is 0 Å². The highest BCUT2D eigenvalue weighted by molar-refractivity contribution is 5.32. The summed E-state index contributed by atoms with van der Waals surface area (Å²) in [4.78, 5) is 0. The Bertz CT molecular complexity index is 327. The van der Waals surface area contributed by atoms with Crippen molar-refractivity contribution in [1.82, 2.24) is 9.78 Å². The highest BCUT2D eigenvalue weighted by Gasteiger charge is 2.25. The molecule has 16 heavy (non-hydrogen) atoms. The van der Waals surface area contributed by atoms with Crippen LogP contribution in [0.25, 0.3) is 0 Å². The second-order valence-electron chi connectivity index (χ2n) is 5.47. The van der Waals surface area contributed by atoms with E-state index in [9.17, 15) is 0 Å². The van der Waals surface area contributed by atoms with Crippen molar-refractivity contribution in [3.63, 3.8) is 0 Å². The van der Waals surface area contributed by atoms with Gasteiger partial charge in [0.1, 0.15) is 5.82 Å². The molecule has 0 radical (unpaired) electrons. The monoisotopic (exact) mass is 221 g/mol. The lowest BCUT2D eigenvalue weighted by atomic mass is 9.76. The molecule has 1 aromatic rings. The van der Waals surface area contributed by atoms with E-state index in [2.05, 4.69) is 18.9 Å². The molecule has 1 saturated carbocycles. The van der Waals surface area contributed by atoms with E-state index in [4.69, 9.17) is 5.73 Å². The van der Waals surface area contributed by atoms with Crippen molar-refractivity contribution in [2.24, 2.45) is 18.9 Å². The van der Waals surface area contributed by atoms with Crippen LogP contribution in [0.15, 0.2) is 6.07 Å². The Kier molecular flexibility index (Phi) is 3.22. The van der Waals surface area contributed by atoms with Crippen LogP contribution < -0.4 is 5.73 Å². The van der Waals surface area contributed by atoms with Crippen LogP contribution in [-0.2, 0) is 7.05 Å². The van der Waals surface area contributed by atoms with E-state index in [-0.39, 0.29) is 0 Å². The van der Waals surface area contributed by atoms with Crippen molar-refractivity contribution in [3.8, 4) is 0 Å². The molecule has 1 fully saturated rings. The maximum absolute atomic E-state index is 5.82. The molecule has 0 saturated heterocycles. The number of aromatic nitrogens is 2. The molecule has 1 aliphatic rings. The van der Waals surface area contributed by atoms with Gasteiger partial charge in [-0.05, 0) is 37.5 Å². The van der Waals surface area contributed by atoms with Crippen molar-refractivity contribution in [2.45, 2.75) is 45.4 Å². The first-order valence-electron chi connectivity index (χ1n) is 6.37.